The van der Waals surface area contributed by atoms with E-state index in [1.165, 1.54) is 0 Å². The molecule has 0 rings (SSSR count). The molecule has 4 nitrogen and oxygen atoms in total. The van der Waals surface area contributed by atoms with E-state index in [-0.39, 0.29) is 18.4 Å². The van der Waals surface area contributed by atoms with Gasteiger partial charge in [0.05, 0.1) is 18.8 Å². The summed E-state index contributed by atoms with van der Waals surface area (Å²) in [6.45, 7) is 7.53. The predicted octanol–water partition coefficient (Wildman–Crippen LogP) is 1.01. The molecule has 0 aliphatic rings. The smallest absolute Gasteiger partial charge is 0.174 e. The Morgan fingerprint density at radius 1 is 1.14 bits per heavy atom. The van der Waals surface area contributed by atoms with Crippen LogP contribution in [0.3, 0.4) is 0 Å². The van der Waals surface area contributed by atoms with Crippen molar-refractivity contribution in [3.05, 3.63) is 0 Å². The van der Waals surface area contributed by atoms with Crippen LogP contribution in [0.15, 0.2) is 0 Å². The number of methoxy groups -OCH3 is 2. The Hall–Kier alpha value is -0.160. The van der Waals surface area contributed by atoms with Gasteiger partial charge in [0.15, 0.2) is 6.29 Å². The van der Waals surface area contributed by atoms with Crippen LogP contribution in [0.1, 0.15) is 20.8 Å². The molecule has 0 heterocycles. The van der Waals surface area contributed by atoms with Gasteiger partial charge in [-0.05, 0) is 20.4 Å². The molecule has 1 atom stereocenters. The normalized spacial score (nSPS) is 13.9. The van der Waals surface area contributed by atoms with Gasteiger partial charge >= 0.3 is 0 Å². The maximum absolute atomic E-state index is 5.52. The first-order valence-corrected chi connectivity index (χ1v) is 5.06. The zero-order chi connectivity index (χ0) is 11.0. The number of ether oxygens (including phenoxy) is 3. The largest absolute Gasteiger partial charge is 0.377 e. The van der Waals surface area contributed by atoms with Crippen LogP contribution in [-0.4, -0.2) is 45.8 Å². The van der Waals surface area contributed by atoms with Gasteiger partial charge in [0.2, 0.25) is 0 Å². The first-order chi connectivity index (χ1) is 6.65. The van der Waals surface area contributed by atoms with Gasteiger partial charge in [-0.2, -0.15) is 0 Å². The zero-order valence-electron chi connectivity index (χ0n) is 9.87. The summed E-state index contributed by atoms with van der Waals surface area (Å²) < 4.78 is 15.9. The van der Waals surface area contributed by atoms with Crippen molar-refractivity contribution in [1.82, 2.24) is 5.32 Å². The highest BCUT2D eigenvalue weighted by atomic mass is 16.7. The van der Waals surface area contributed by atoms with Gasteiger partial charge in [-0.1, -0.05) is 6.92 Å². The second kappa shape index (κ2) is 8.17. The quantitative estimate of drug-likeness (QED) is 0.600. The average Bonchev–Trinajstić information content (AvgIpc) is 2.15. The minimum Gasteiger partial charge on any atom is -0.377 e. The molecule has 0 aliphatic heterocycles. The summed E-state index contributed by atoms with van der Waals surface area (Å²) in [6, 6.07) is 0.0809. The van der Waals surface area contributed by atoms with Crippen molar-refractivity contribution < 1.29 is 14.2 Å². The summed E-state index contributed by atoms with van der Waals surface area (Å²) in [5.74, 6) is 0. The molecule has 0 aliphatic carbocycles. The van der Waals surface area contributed by atoms with Crippen LogP contribution in [0.5, 0.6) is 0 Å². The first kappa shape index (κ1) is 13.8. The van der Waals surface area contributed by atoms with Gasteiger partial charge in [0, 0.05) is 14.2 Å². The molecule has 0 saturated carbocycles. The van der Waals surface area contributed by atoms with E-state index in [1.807, 2.05) is 20.8 Å². The molecule has 0 radical (unpaired) electrons. The molecule has 4 heteroatoms. The number of rotatable bonds is 8. The highest BCUT2D eigenvalue weighted by Crippen LogP contribution is 2.02. The molecule has 86 valence electrons. The van der Waals surface area contributed by atoms with E-state index in [0.717, 1.165) is 6.54 Å². The fourth-order valence-corrected chi connectivity index (χ4v) is 1.22. The van der Waals surface area contributed by atoms with E-state index in [0.29, 0.717) is 6.61 Å². The number of nitrogens with one attached hydrogen (secondary N) is 1. The van der Waals surface area contributed by atoms with Crippen LogP contribution in [0.4, 0.5) is 0 Å². The van der Waals surface area contributed by atoms with E-state index in [4.69, 9.17) is 14.2 Å². The molecular formula is C10H23NO3. The molecule has 0 aromatic carbocycles. The number of hydrogen-bond donors (Lipinski definition) is 1. The Labute approximate surface area is 86.9 Å². The van der Waals surface area contributed by atoms with Gasteiger partial charge in [-0.25, -0.2) is 0 Å². The van der Waals surface area contributed by atoms with Gasteiger partial charge in [-0.3, -0.25) is 0 Å². The molecule has 0 bridgehead atoms. The maximum atomic E-state index is 5.52. The molecule has 1 unspecified atom stereocenters. The summed E-state index contributed by atoms with van der Waals surface area (Å²) in [4.78, 5) is 0. The van der Waals surface area contributed by atoms with Crippen molar-refractivity contribution >= 4 is 0 Å². The Balaban J connectivity index is 3.98. The van der Waals surface area contributed by atoms with Crippen LogP contribution >= 0.6 is 0 Å². The van der Waals surface area contributed by atoms with Gasteiger partial charge in [0.25, 0.3) is 0 Å². The Bertz CT molecular complexity index is 127. The fraction of sp³-hybridized carbons (Fsp3) is 1.00. The van der Waals surface area contributed by atoms with Crippen molar-refractivity contribution in [2.24, 2.45) is 0 Å². The third kappa shape index (κ3) is 5.54. The SMILES string of the molecule is CCNC(COC(C)C)C(OC)OC. The third-order valence-electron chi connectivity index (χ3n) is 1.87. The van der Waals surface area contributed by atoms with E-state index < -0.39 is 0 Å². The summed E-state index contributed by atoms with van der Waals surface area (Å²) in [5.41, 5.74) is 0. The van der Waals surface area contributed by atoms with E-state index in [2.05, 4.69) is 5.32 Å². The molecule has 0 aromatic rings. The minimum absolute atomic E-state index is 0.0809. The third-order valence-corrected chi connectivity index (χ3v) is 1.87. The second-order valence-electron chi connectivity index (χ2n) is 3.39. The van der Waals surface area contributed by atoms with Crippen molar-refractivity contribution in [2.75, 3.05) is 27.4 Å². The van der Waals surface area contributed by atoms with E-state index >= 15 is 0 Å². The Morgan fingerprint density at radius 3 is 2.07 bits per heavy atom. The molecule has 0 saturated heterocycles. The predicted molar refractivity (Wildman–Crippen MR) is 56.4 cm³/mol. The molecule has 0 fully saturated rings. The molecule has 0 amide bonds. The average molecular weight is 205 g/mol. The molecule has 14 heavy (non-hydrogen) atoms. The van der Waals surface area contributed by atoms with E-state index in [9.17, 15) is 0 Å². The molecular weight excluding hydrogens is 182 g/mol. The van der Waals surface area contributed by atoms with Crippen molar-refractivity contribution in [3.8, 4) is 0 Å². The van der Waals surface area contributed by atoms with Gasteiger partial charge < -0.3 is 19.5 Å². The van der Waals surface area contributed by atoms with E-state index in [1.54, 1.807) is 14.2 Å². The zero-order valence-corrected chi connectivity index (χ0v) is 9.87. The lowest BCUT2D eigenvalue weighted by molar-refractivity contribution is -0.137. The summed E-state index contributed by atoms with van der Waals surface area (Å²) in [5, 5.41) is 3.26. The second-order valence-corrected chi connectivity index (χ2v) is 3.39. The maximum Gasteiger partial charge on any atom is 0.174 e. The van der Waals surface area contributed by atoms with Crippen molar-refractivity contribution in [2.45, 2.75) is 39.2 Å². The highest BCUT2D eigenvalue weighted by molar-refractivity contribution is 4.69. The molecule has 1 N–H and O–H groups in total. The highest BCUT2D eigenvalue weighted by Gasteiger charge is 2.20. The van der Waals surface area contributed by atoms with Crippen LogP contribution in [0, 0.1) is 0 Å². The monoisotopic (exact) mass is 205 g/mol. The van der Waals surface area contributed by atoms with Crippen LogP contribution < -0.4 is 5.32 Å². The Kier molecular flexibility index (Phi) is 8.08. The minimum atomic E-state index is -0.256. The summed E-state index contributed by atoms with van der Waals surface area (Å²) in [6.07, 6.45) is -0.0285. The molecule has 0 spiro atoms. The lowest BCUT2D eigenvalue weighted by Crippen LogP contribution is -2.45. The summed E-state index contributed by atoms with van der Waals surface area (Å²) >= 11 is 0. The fourth-order valence-electron chi connectivity index (χ4n) is 1.22. The first-order valence-electron chi connectivity index (χ1n) is 5.06. The lowest BCUT2D eigenvalue weighted by atomic mass is 10.3. The number of hydrogen-bond acceptors (Lipinski definition) is 4. The van der Waals surface area contributed by atoms with Gasteiger partial charge in [0.1, 0.15) is 0 Å². The van der Waals surface area contributed by atoms with Crippen molar-refractivity contribution in [1.29, 1.82) is 0 Å². The Morgan fingerprint density at radius 2 is 1.71 bits per heavy atom. The van der Waals surface area contributed by atoms with Crippen LogP contribution in [0.2, 0.25) is 0 Å². The summed E-state index contributed by atoms with van der Waals surface area (Å²) in [7, 11) is 3.27. The van der Waals surface area contributed by atoms with Crippen LogP contribution in [-0.2, 0) is 14.2 Å². The topological polar surface area (TPSA) is 39.7 Å². The standard InChI is InChI=1S/C10H23NO3/c1-6-11-9(7-14-8(2)3)10(12-4)13-5/h8-11H,6-7H2,1-5H3. The van der Waals surface area contributed by atoms with Crippen LogP contribution in [0.25, 0.3) is 0 Å². The lowest BCUT2D eigenvalue weighted by Gasteiger charge is -2.26. The number of likely N-dealkylation sites (N-methyl/N-ethyl adjacent to an activating group) is 1. The van der Waals surface area contributed by atoms with Gasteiger partial charge in [-0.15, -0.1) is 0 Å². The molecule has 0 aromatic heterocycles. The van der Waals surface area contributed by atoms with Crippen molar-refractivity contribution in [3.63, 3.8) is 0 Å².